The number of rotatable bonds is 3. The van der Waals surface area contributed by atoms with E-state index in [1.54, 1.807) is 0 Å². The Morgan fingerprint density at radius 3 is 2.50 bits per heavy atom. The average Bonchev–Trinajstić information content (AvgIpc) is 2.33. The van der Waals surface area contributed by atoms with E-state index in [0.29, 0.717) is 0 Å². The van der Waals surface area contributed by atoms with Gasteiger partial charge in [0.15, 0.2) is 0 Å². The van der Waals surface area contributed by atoms with E-state index in [4.69, 9.17) is 0 Å². The molecule has 0 heterocycles. The molecule has 0 radical (unpaired) electrons. The van der Waals surface area contributed by atoms with Crippen molar-refractivity contribution in [2.45, 2.75) is 30.6 Å². The highest BCUT2D eigenvalue weighted by Gasteiger charge is 2.02. The Kier molecular flexibility index (Phi) is 3.93. The number of hydrogen-bond acceptors (Lipinski definition) is 1. The average molecular weight is 254 g/mol. The molecule has 0 aliphatic heterocycles. The molecule has 0 nitrogen and oxygen atoms in total. The van der Waals surface area contributed by atoms with Crippen LogP contribution in [0.3, 0.4) is 0 Å². The molecule has 0 spiro atoms. The predicted molar refractivity (Wildman–Crippen MR) is 81.2 cm³/mol. The molecule has 0 N–H and O–H groups in total. The van der Waals surface area contributed by atoms with Gasteiger partial charge in [0.1, 0.15) is 0 Å². The molecule has 0 atom stereocenters. The summed E-state index contributed by atoms with van der Waals surface area (Å²) in [5.74, 6) is 0. The van der Waals surface area contributed by atoms with Crippen molar-refractivity contribution in [1.82, 2.24) is 0 Å². The molecule has 0 saturated heterocycles. The van der Waals surface area contributed by atoms with Gasteiger partial charge in [-0.3, -0.25) is 0 Å². The minimum atomic E-state index is 1.11. The topological polar surface area (TPSA) is 0 Å². The SMILES string of the molecule is C=C(C)c1cccc(Sc2ccc(C)cc2C)c1. The van der Waals surface area contributed by atoms with Crippen molar-refractivity contribution in [2.75, 3.05) is 0 Å². The zero-order valence-electron chi connectivity index (χ0n) is 11.2. The first-order valence-electron chi connectivity index (χ1n) is 6.07. The fourth-order valence-corrected chi connectivity index (χ4v) is 2.81. The molecule has 0 aliphatic rings. The van der Waals surface area contributed by atoms with Crippen LogP contribution in [-0.2, 0) is 0 Å². The van der Waals surface area contributed by atoms with Gasteiger partial charge in [0.05, 0.1) is 0 Å². The van der Waals surface area contributed by atoms with Gasteiger partial charge in [-0.05, 0) is 50.1 Å². The maximum atomic E-state index is 3.99. The van der Waals surface area contributed by atoms with Crippen LogP contribution in [0.4, 0.5) is 0 Å². The van der Waals surface area contributed by atoms with E-state index in [1.165, 1.54) is 26.5 Å². The molecular weight excluding hydrogens is 236 g/mol. The summed E-state index contributed by atoms with van der Waals surface area (Å²) in [4.78, 5) is 2.59. The normalized spacial score (nSPS) is 10.4. The van der Waals surface area contributed by atoms with E-state index in [1.807, 2.05) is 18.7 Å². The first-order valence-corrected chi connectivity index (χ1v) is 6.89. The van der Waals surface area contributed by atoms with Gasteiger partial charge in [0, 0.05) is 9.79 Å². The van der Waals surface area contributed by atoms with E-state index < -0.39 is 0 Å². The first kappa shape index (κ1) is 13.0. The van der Waals surface area contributed by atoms with E-state index in [9.17, 15) is 0 Å². The number of aryl methyl sites for hydroxylation is 2. The molecule has 0 aromatic heterocycles. The summed E-state index contributed by atoms with van der Waals surface area (Å²) in [5.41, 5.74) is 4.97. The molecule has 0 saturated carbocycles. The summed E-state index contributed by atoms with van der Waals surface area (Å²) < 4.78 is 0. The smallest absolute Gasteiger partial charge is 0.0151 e. The number of allylic oxidation sites excluding steroid dienone is 1. The van der Waals surface area contributed by atoms with Crippen molar-refractivity contribution in [1.29, 1.82) is 0 Å². The lowest BCUT2D eigenvalue weighted by Crippen LogP contribution is -1.83. The van der Waals surface area contributed by atoms with E-state index in [-0.39, 0.29) is 0 Å². The van der Waals surface area contributed by atoms with Crippen LogP contribution in [0.1, 0.15) is 23.6 Å². The van der Waals surface area contributed by atoms with Crippen LogP contribution in [0.2, 0.25) is 0 Å². The number of benzene rings is 2. The lowest BCUT2D eigenvalue weighted by atomic mass is 10.1. The zero-order chi connectivity index (χ0) is 13.1. The van der Waals surface area contributed by atoms with Crippen molar-refractivity contribution in [3.8, 4) is 0 Å². The lowest BCUT2D eigenvalue weighted by molar-refractivity contribution is 1.26. The molecule has 2 aromatic carbocycles. The van der Waals surface area contributed by atoms with Crippen LogP contribution in [0.15, 0.2) is 58.8 Å². The van der Waals surface area contributed by atoms with Gasteiger partial charge < -0.3 is 0 Å². The molecule has 1 heteroatoms. The quantitative estimate of drug-likeness (QED) is 0.698. The van der Waals surface area contributed by atoms with E-state index in [2.05, 4.69) is 62.9 Å². The van der Waals surface area contributed by atoms with Crippen LogP contribution >= 0.6 is 11.8 Å². The Labute approximate surface area is 114 Å². The van der Waals surface area contributed by atoms with Gasteiger partial charge in [0.2, 0.25) is 0 Å². The minimum absolute atomic E-state index is 1.11. The fourth-order valence-electron chi connectivity index (χ4n) is 1.87. The van der Waals surface area contributed by atoms with Gasteiger partial charge in [0.25, 0.3) is 0 Å². The molecular formula is C17H18S. The lowest BCUT2D eigenvalue weighted by Gasteiger charge is -2.08. The van der Waals surface area contributed by atoms with Gasteiger partial charge in [-0.15, -0.1) is 0 Å². The highest BCUT2D eigenvalue weighted by molar-refractivity contribution is 7.99. The van der Waals surface area contributed by atoms with Gasteiger partial charge >= 0.3 is 0 Å². The van der Waals surface area contributed by atoms with E-state index >= 15 is 0 Å². The van der Waals surface area contributed by atoms with Gasteiger partial charge in [-0.1, -0.05) is 53.7 Å². The second-order valence-corrected chi connectivity index (χ2v) is 5.79. The third-order valence-corrected chi connectivity index (χ3v) is 4.05. The summed E-state index contributed by atoms with van der Waals surface area (Å²) in [5, 5.41) is 0. The molecule has 0 bridgehead atoms. The van der Waals surface area contributed by atoms with Crippen molar-refractivity contribution < 1.29 is 0 Å². The van der Waals surface area contributed by atoms with Crippen molar-refractivity contribution in [3.05, 3.63) is 65.7 Å². The van der Waals surface area contributed by atoms with Crippen LogP contribution in [0, 0.1) is 13.8 Å². The maximum absolute atomic E-state index is 3.99. The Hall–Kier alpha value is -1.47. The van der Waals surface area contributed by atoms with Crippen LogP contribution in [-0.4, -0.2) is 0 Å². The Bertz CT molecular complexity index is 582. The standard InChI is InChI=1S/C17H18S/c1-12(2)15-6-5-7-16(11-15)18-17-9-8-13(3)10-14(17)4/h5-11H,1H2,2-4H3. The second kappa shape index (κ2) is 5.45. The van der Waals surface area contributed by atoms with Crippen molar-refractivity contribution >= 4 is 17.3 Å². The van der Waals surface area contributed by atoms with Crippen molar-refractivity contribution in [2.24, 2.45) is 0 Å². The molecule has 0 fully saturated rings. The minimum Gasteiger partial charge on any atom is -0.0955 e. The second-order valence-electron chi connectivity index (χ2n) is 4.68. The predicted octanol–water partition coefficient (Wildman–Crippen LogP) is 5.49. The van der Waals surface area contributed by atoms with Crippen LogP contribution < -0.4 is 0 Å². The van der Waals surface area contributed by atoms with E-state index in [0.717, 1.165) is 5.57 Å². The van der Waals surface area contributed by atoms with Crippen LogP contribution in [0.5, 0.6) is 0 Å². The Balaban J connectivity index is 2.28. The largest absolute Gasteiger partial charge is 0.0955 e. The third-order valence-electron chi connectivity index (χ3n) is 2.89. The zero-order valence-corrected chi connectivity index (χ0v) is 12.0. The third kappa shape index (κ3) is 3.05. The molecule has 2 rings (SSSR count). The summed E-state index contributed by atoms with van der Waals surface area (Å²) in [7, 11) is 0. The maximum Gasteiger partial charge on any atom is 0.0151 e. The van der Waals surface area contributed by atoms with Gasteiger partial charge in [-0.25, -0.2) is 0 Å². The monoisotopic (exact) mass is 254 g/mol. The molecule has 0 amide bonds. The Morgan fingerprint density at radius 1 is 1.06 bits per heavy atom. The summed E-state index contributed by atoms with van der Waals surface area (Å²) in [6.45, 7) is 10.3. The highest BCUT2D eigenvalue weighted by atomic mass is 32.2. The van der Waals surface area contributed by atoms with Gasteiger partial charge in [-0.2, -0.15) is 0 Å². The molecule has 92 valence electrons. The highest BCUT2D eigenvalue weighted by Crippen LogP contribution is 2.31. The summed E-state index contributed by atoms with van der Waals surface area (Å²) in [6, 6.07) is 15.1. The summed E-state index contributed by atoms with van der Waals surface area (Å²) >= 11 is 1.81. The number of hydrogen-bond donors (Lipinski definition) is 0. The molecule has 2 aromatic rings. The molecule has 0 unspecified atom stereocenters. The van der Waals surface area contributed by atoms with Crippen molar-refractivity contribution in [3.63, 3.8) is 0 Å². The summed E-state index contributed by atoms with van der Waals surface area (Å²) in [6.07, 6.45) is 0. The first-order chi connectivity index (χ1) is 8.56. The van der Waals surface area contributed by atoms with Crippen LogP contribution in [0.25, 0.3) is 5.57 Å². The molecule has 18 heavy (non-hydrogen) atoms. The molecule has 0 aliphatic carbocycles. The Morgan fingerprint density at radius 2 is 1.83 bits per heavy atom. The fraction of sp³-hybridized carbons (Fsp3) is 0.176.